The van der Waals surface area contributed by atoms with Crippen LogP contribution in [0.25, 0.3) is 0 Å². The van der Waals surface area contributed by atoms with E-state index in [-0.39, 0.29) is 0 Å². The topological polar surface area (TPSA) is 57.5 Å². The summed E-state index contributed by atoms with van der Waals surface area (Å²) in [6.45, 7) is 7.67. The Morgan fingerprint density at radius 3 is 2.00 bits per heavy atom. The summed E-state index contributed by atoms with van der Waals surface area (Å²) in [6.07, 6.45) is -1.31. The van der Waals surface area contributed by atoms with E-state index in [0.29, 0.717) is 0 Å². The van der Waals surface area contributed by atoms with Crippen LogP contribution in [0.1, 0.15) is 13.8 Å². The number of rotatable bonds is 2. The molecule has 0 aromatic heterocycles. The van der Waals surface area contributed by atoms with Crippen molar-refractivity contribution >= 4 is 5.97 Å². The summed E-state index contributed by atoms with van der Waals surface area (Å²) in [5.41, 5.74) is -1.25. The van der Waals surface area contributed by atoms with Crippen LogP contribution in [0.4, 0.5) is 0 Å². The lowest BCUT2D eigenvalue weighted by Crippen LogP contribution is -2.34. The van der Waals surface area contributed by atoms with Crippen LogP contribution in [0.15, 0.2) is 0 Å². The molecule has 0 aliphatic heterocycles. The fourth-order valence-corrected chi connectivity index (χ4v) is 0.127. The number of hydrogen-bond donors (Lipinski definition) is 2. The van der Waals surface area contributed by atoms with Gasteiger partial charge in [0.2, 0.25) is 0 Å². The van der Waals surface area contributed by atoms with Gasteiger partial charge in [-0.1, -0.05) is 0 Å². The fourth-order valence-electron chi connectivity index (χ4n) is 0.127. The molecule has 0 aliphatic rings. The Labute approximate surface area is 54.3 Å². The van der Waals surface area contributed by atoms with Crippen LogP contribution in [0, 0.1) is 12.3 Å². The number of carboxylic acid groups (broad SMARTS) is 1. The molecule has 0 saturated carbocycles. The molecule has 2 N–H and O–H groups in total. The van der Waals surface area contributed by atoms with E-state index < -0.39 is 17.5 Å². The molecule has 1 atom stereocenters. The number of hydrogen-bond acceptors (Lipinski definition) is 2. The predicted octanol–water partition coefficient (Wildman–Crippen LogP) is 0.169. The first kappa shape index (κ1) is 8.43. The van der Waals surface area contributed by atoms with E-state index in [1.54, 1.807) is 0 Å². The average molecular weight is 130 g/mol. The van der Waals surface area contributed by atoms with Crippen LogP contribution in [0.5, 0.6) is 0 Å². The Bertz CT molecular complexity index is 115. The lowest BCUT2D eigenvalue weighted by molar-refractivity contribution is -0.151. The van der Waals surface area contributed by atoms with Crippen molar-refractivity contribution in [2.45, 2.75) is 20.0 Å². The lowest BCUT2D eigenvalue weighted by Gasteiger charge is -2.21. The summed E-state index contributed by atoms with van der Waals surface area (Å²) in [6, 6.07) is 0. The quantitative estimate of drug-likeness (QED) is 0.560. The minimum atomic E-state index is -1.31. The van der Waals surface area contributed by atoms with E-state index in [4.69, 9.17) is 17.1 Å². The van der Waals surface area contributed by atoms with Gasteiger partial charge in [0.25, 0.3) is 0 Å². The highest BCUT2D eigenvalue weighted by Gasteiger charge is 2.32. The summed E-state index contributed by atoms with van der Waals surface area (Å²) in [7, 11) is 0. The van der Waals surface area contributed by atoms with Gasteiger partial charge >= 0.3 is 5.97 Å². The third kappa shape index (κ3) is 1.68. The summed E-state index contributed by atoms with van der Waals surface area (Å²) in [5.74, 6) is -1.10. The minimum absolute atomic E-state index is 1.10. The highest BCUT2D eigenvalue weighted by atomic mass is 16.4. The molecule has 0 rings (SSSR count). The molecule has 0 heterocycles. The molecule has 9 heavy (non-hydrogen) atoms. The molecule has 0 bridgehead atoms. The smallest absolute Gasteiger partial charge is 0.311 e. The first-order chi connectivity index (χ1) is 3.89. The Balaban J connectivity index is 4.19. The highest BCUT2D eigenvalue weighted by Crippen LogP contribution is 2.19. The maximum atomic E-state index is 10.2. The first-order valence-corrected chi connectivity index (χ1v) is 2.56. The van der Waals surface area contributed by atoms with Crippen molar-refractivity contribution in [2.24, 2.45) is 5.41 Å². The summed E-state index contributed by atoms with van der Waals surface area (Å²) in [4.78, 5) is 10.2. The van der Waals surface area contributed by atoms with Crippen molar-refractivity contribution < 1.29 is 15.0 Å². The van der Waals surface area contributed by atoms with Gasteiger partial charge in [-0.15, -0.1) is 0 Å². The summed E-state index contributed by atoms with van der Waals surface area (Å²) in [5, 5.41) is 17.0. The van der Waals surface area contributed by atoms with Gasteiger partial charge in [0.1, 0.15) is 0 Å². The van der Waals surface area contributed by atoms with Crippen molar-refractivity contribution in [3.63, 3.8) is 0 Å². The molecule has 52 valence electrons. The normalized spacial score (nSPS) is 15.1. The maximum Gasteiger partial charge on any atom is 0.311 e. The Kier molecular flexibility index (Phi) is 2.20. The SMILES string of the molecule is [CH]C(O)C(C)(C)C(=O)O. The lowest BCUT2D eigenvalue weighted by atomic mass is 9.88. The van der Waals surface area contributed by atoms with Crippen LogP contribution in [0.3, 0.4) is 0 Å². The number of carbonyl (C=O) groups is 1. The number of aliphatic hydroxyl groups excluding tert-OH is 1. The average Bonchev–Trinajstić information content (AvgIpc) is 1.65. The first-order valence-electron chi connectivity index (χ1n) is 2.56. The third-order valence-corrected chi connectivity index (χ3v) is 1.29. The van der Waals surface area contributed by atoms with Crippen molar-refractivity contribution in [3.8, 4) is 0 Å². The van der Waals surface area contributed by atoms with Crippen molar-refractivity contribution in [1.82, 2.24) is 0 Å². The molecule has 0 amide bonds. The minimum Gasteiger partial charge on any atom is -0.481 e. The molecule has 0 aliphatic carbocycles. The van der Waals surface area contributed by atoms with Gasteiger partial charge in [0.05, 0.1) is 11.5 Å². The van der Waals surface area contributed by atoms with E-state index in [1.165, 1.54) is 13.8 Å². The Morgan fingerprint density at radius 2 is 2.00 bits per heavy atom. The molecule has 0 fully saturated rings. The molecule has 1 unspecified atom stereocenters. The molecule has 0 aromatic carbocycles. The number of aliphatic carboxylic acids is 1. The molecular formula is C6H10O3. The van der Waals surface area contributed by atoms with Gasteiger partial charge in [-0.2, -0.15) is 0 Å². The monoisotopic (exact) mass is 130 g/mol. The molecular weight excluding hydrogens is 120 g/mol. The third-order valence-electron chi connectivity index (χ3n) is 1.29. The van der Waals surface area contributed by atoms with Gasteiger partial charge in [-0.3, -0.25) is 4.79 Å². The van der Waals surface area contributed by atoms with Gasteiger partial charge in [0, 0.05) is 0 Å². The van der Waals surface area contributed by atoms with Gasteiger partial charge in [-0.25, -0.2) is 0 Å². The van der Waals surface area contributed by atoms with Gasteiger partial charge < -0.3 is 10.2 Å². The molecule has 3 heteroatoms. The summed E-state index contributed by atoms with van der Waals surface area (Å²) < 4.78 is 0. The zero-order valence-electron chi connectivity index (χ0n) is 5.46. The van der Waals surface area contributed by atoms with E-state index in [1.807, 2.05) is 0 Å². The zero-order chi connectivity index (χ0) is 7.65. The maximum absolute atomic E-state index is 10.2. The van der Waals surface area contributed by atoms with Gasteiger partial charge in [0.15, 0.2) is 0 Å². The molecule has 0 saturated heterocycles. The molecule has 0 spiro atoms. The van der Waals surface area contributed by atoms with E-state index in [0.717, 1.165) is 0 Å². The van der Waals surface area contributed by atoms with E-state index >= 15 is 0 Å². The standard InChI is InChI=1S/C6H10O3/c1-4(7)6(2,3)5(8)9/h1,4,7H,2-3H3,(H,8,9). The fraction of sp³-hybridized carbons (Fsp3) is 0.667. The van der Waals surface area contributed by atoms with Crippen molar-refractivity contribution in [2.75, 3.05) is 0 Å². The second-order valence-corrected chi connectivity index (χ2v) is 2.47. The molecule has 0 aromatic rings. The van der Waals surface area contributed by atoms with Crippen LogP contribution in [-0.2, 0) is 4.79 Å². The predicted molar refractivity (Wildman–Crippen MR) is 31.7 cm³/mol. The number of carboxylic acids is 1. The Hall–Kier alpha value is -0.570. The Morgan fingerprint density at radius 1 is 1.67 bits per heavy atom. The van der Waals surface area contributed by atoms with Crippen LogP contribution in [0.2, 0.25) is 0 Å². The van der Waals surface area contributed by atoms with E-state index in [2.05, 4.69) is 0 Å². The second kappa shape index (κ2) is 2.35. The van der Waals surface area contributed by atoms with Crippen LogP contribution >= 0.6 is 0 Å². The van der Waals surface area contributed by atoms with Crippen LogP contribution < -0.4 is 0 Å². The summed E-state index contributed by atoms with van der Waals surface area (Å²) >= 11 is 0. The number of aliphatic hydroxyl groups is 1. The van der Waals surface area contributed by atoms with Crippen molar-refractivity contribution in [1.29, 1.82) is 0 Å². The van der Waals surface area contributed by atoms with Crippen molar-refractivity contribution in [3.05, 3.63) is 6.92 Å². The highest BCUT2D eigenvalue weighted by molar-refractivity contribution is 5.74. The largest absolute Gasteiger partial charge is 0.481 e. The van der Waals surface area contributed by atoms with E-state index in [9.17, 15) is 4.79 Å². The zero-order valence-corrected chi connectivity index (χ0v) is 5.46. The molecule has 2 radical (unpaired) electrons. The molecule has 3 nitrogen and oxygen atoms in total. The van der Waals surface area contributed by atoms with Crippen LogP contribution in [-0.4, -0.2) is 22.3 Å². The van der Waals surface area contributed by atoms with Gasteiger partial charge in [-0.05, 0) is 20.8 Å². The second-order valence-electron chi connectivity index (χ2n) is 2.47.